The van der Waals surface area contributed by atoms with Gasteiger partial charge in [-0.15, -0.1) is 0 Å². The zero-order valence-electron chi connectivity index (χ0n) is 9.16. The minimum absolute atomic E-state index is 0.0731. The fourth-order valence-electron chi connectivity index (χ4n) is 1.32. The summed E-state index contributed by atoms with van der Waals surface area (Å²) >= 11 is 3.39. The molecule has 0 fully saturated rings. The molecule has 0 saturated heterocycles. The van der Waals surface area contributed by atoms with E-state index in [4.69, 9.17) is 9.84 Å². The number of benzene rings is 1. The molecule has 5 heteroatoms. The van der Waals surface area contributed by atoms with Crippen molar-refractivity contribution in [2.75, 3.05) is 12.4 Å². The van der Waals surface area contributed by atoms with Crippen LogP contribution in [0.4, 0.5) is 5.69 Å². The van der Waals surface area contributed by atoms with E-state index in [1.165, 1.54) is 0 Å². The van der Waals surface area contributed by atoms with E-state index in [2.05, 4.69) is 21.2 Å². The standard InChI is InChI=1S/C11H14BrNO3/c1-7(5-11(14)15)13-10-6-8(16-2)3-4-9(10)12/h3-4,6-7,13H,5H2,1-2H3,(H,14,15). The Bertz CT molecular complexity index is 381. The summed E-state index contributed by atoms with van der Waals surface area (Å²) in [6.07, 6.45) is 0.0731. The number of ether oxygens (including phenoxy) is 1. The minimum Gasteiger partial charge on any atom is -0.497 e. The first-order valence-electron chi connectivity index (χ1n) is 4.84. The van der Waals surface area contributed by atoms with Gasteiger partial charge in [-0.25, -0.2) is 0 Å². The zero-order valence-corrected chi connectivity index (χ0v) is 10.7. The molecule has 0 saturated carbocycles. The van der Waals surface area contributed by atoms with Crippen LogP contribution in [-0.4, -0.2) is 24.2 Å². The van der Waals surface area contributed by atoms with Gasteiger partial charge in [-0.1, -0.05) is 0 Å². The highest BCUT2D eigenvalue weighted by Crippen LogP contribution is 2.27. The smallest absolute Gasteiger partial charge is 0.305 e. The van der Waals surface area contributed by atoms with Gasteiger partial charge in [-0.3, -0.25) is 4.79 Å². The summed E-state index contributed by atoms with van der Waals surface area (Å²) in [7, 11) is 1.59. The van der Waals surface area contributed by atoms with Crippen molar-refractivity contribution in [3.05, 3.63) is 22.7 Å². The van der Waals surface area contributed by atoms with E-state index < -0.39 is 5.97 Å². The van der Waals surface area contributed by atoms with E-state index in [9.17, 15) is 4.79 Å². The van der Waals surface area contributed by atoms with Crippen LogP contribution in [-0.2, 0) is 4.79 Å². The molecule has 1 rings (SSSR count). The Morgan fingerprint density at radius 2 is 2.31 bits per heavy atom. The Kier molecular flexibility index (Phi) is 4.61. The second kappa shape index (κ2) is 5.75. The number of carboxylic acids is 1. The monoisotopic (exact) mass is 287 g/mol. The van der Waals surface area contributed by atoms with Crippen molar-refractivity contribution in [2.45, 2.75) is 19.4 Å². The van der Waals surface area contributed by atoms with E-state index in [0.29, 0.717) is 0 Å². The lowest BCUT2D eigenvalue weighted by Gasteiger charge is -2.15. The molecule has 0 aliphatic rings. The van der Waals surface area contributed by atoms with Crippen LogP contribution < -0.4 is 10.1 Å². The highest BCUT2D eigenvalue weighted by molar-refractivity contribution is 9.10. The second-order valence-electron chi connectivity index (χ2n) is 3.49. The van der Waals surface area contributed by atoms with Crippen molar-refractivity contribution in [2.24, 2.45) is 0 Å². The first-order chi connectivity index (χ1) is 7.52. The molecular weight excluding hydrogens is 274 g/mol. The fourth-order valence-corrected chi connectivity index (χ4v) is 1.68. The summed E-state index contributed by atoms with van der Waals surface area (Å²) < 4.78 is 5.98. The van der Waals surface area contributed by atoms with Crippen LogP contribution in [0.25, 0.3) is 0 Å². The number of anilines is 1. The molecule has 1 atom stereocenters. The molecule has 0 aromatic heterocycles. The van der Waals surface area contributed by atoms with Crippen LogP contribution in [0.15, 0.2) is 22.7 Å². The Morgan fingerprint density at radius 1 is 1.62 bits per heavy atom. The summed E-state index contributed by atoms with van der Waals surface area (Å²) in [6, 6.07) is 5.37. The molecule has 0 aliphatic heterocycles. The van der Waals surface area contributed by atoms with Crippen LogP contribution in [0.5, 0.6) is 5.75 Å². The molecule has 1 unspecified atom stereocenters. The minimum atomic E-state index is -0.820. The topological polar surface area (TPSA) is 58.6 Å². The number of carbonyl (C=O) groups is 1. The third kappa shape index (κ3) is 3.73. The molecule has 2 N–H and O–H groups in total. The molecule has 0 heterocycles. The maximum atomic E-state index is 10.5. The summed E-state index contributed by atoms with van der Waals surface area (Å²) in [4.78, 5) is 10.5. The van der Waals surface area contributed by atoms with Gasteiger partial charge in [0.2, 0.25) is 0 Å². The number of methoxy groups -OCH3 is 1. The van der Waals surface area contributed by atoms with Crippen LogP contribution in [0.2, 0.25) is 0 Å². The third-order valence-electron chi connectivity index (χ3n) is 2.06. The molecule has 88 valence electrons. The van der Waals surface area contributed by atoms with Gasteiger partial charge in [-0.05, 0) is 35.0 Å². The number of nitrogens with one attached hydrogen (secondary N) is 1. The fraction of sp³-hybridized carbons (Fsp3) is 0.364. The molecular formula is C11H14BrNO3. The predicted molar refractivity (Wildman–Crippen MR) is 66.0 cm³/mol. The van der Waals surface area contributed by atoms with Crippen molar-refractivity contribution in [1.82, 2.24) is 0 Å². The van der Waals surface area contributed by atoms with Crippen LogP contribution in [0.3, 0.4) is 0 Å². The highest BCUT2D eigenvalue weighted by Gasteiger charge is 2.09. The van der Waals surface area contributed by atoms with Crippen LogP contribution in [0.1, 0.15) is 13.3 Å². The number of rotatable bonds is 5. The average Bonchev–Trinajstić information content (AvgIpc) is 2.20. The summed E-state index contributed by atoms with van der Waals surface area (Å²) in [5, 5.41) is 11.8. The quantitative estimate of drug-likeness (QED) is 0.874. The second-order valence-corrected chi connectivity index (χ2v) is 4.34. The number of carboxylic acid groups (broad SMARTS) is 1. The molecule has 16 heavy (non-hydrogen) atoms. The van der Waals surface area contributed by atoms with E-state index >= 15 is 0 Å². The van der Waals surface area contributed by atoms with Gasteiger partial charge in [0.15, 0.2) is 0 Å². The molecule has 0 amide bonds. The Hall–Kier alpha value is -1.23. The third-order valence-corrected chi connectivity index (χ3v) is 2.75. The summed E-state index contributed by atoms with van der Waals surface area (Å²) in [6.45, 7) is 1.82. The van der Waals surface area contributed by atoms with Gasteiger partial charge in [0.25, 0.3) is 0 Å². The van der Waals surface area contributed by atoms with E-state index in [0.717, 1.165) is 15.9 Å². The van der Waals surface area contributed by atoms with E-state index in [1.807, 2.05) is 25.1 Å². The first-order valence-corrected chi connectivity index (χ1v) is 5.64. The number of aliphatic carboxylic acids is 1. The molecule has 0 aliphatic carbocycles. The summed E-state index contributed by atoms with van der Waals surface area (Å²) in [5.74, 6) is -0.0905. The predicted octanol–water partition coefficient (Wildman–Crippen LogP) is 2.73. The van der Waals surface area contributed by atoms with Gasteiger partial charge in [0.05, 0.1) is 19.2 Å². The van der Waals surface area contributed by atoms with Crippen molar-refractivity contribution < 1.29 is 14.6 Å². The van der Waals surface area contributed by atoms with Gasteiger partial charge in [0, 0.05) is 16.6 Å². The Balaban J connectivity index is 2.75. The van der Waals surface area contributed by atoms with Gasteiger partial charge < -0.3 is 15.2 Å². The van der Waals surface area contributed by atoms with Crippen LogP contribution >= 0.6 is 15.9 Å². The molecule has 4 nitrogen and oxygen atoms in total. The lowest BCUT2D eigenvalue weighted by Crippen LogP contribution is -2.19. The maximum Gasteiger partial charge on any atom is 0.305 e. The number of halogens is 1. The lowest BCUT2D eigenvalue weighted by atomic mass is 10.2. The molecule has 1 aromatic carbocycles. The summed E-state index contributed by atoms with van der Waals surface area (Å²) in [5.41, 5.74) is 0.827. The average molecular weight is 288 g/mol. The van der Waals surface area contributed by atoms with Crippen molar-refractivity contribution >= 4 is 27.6 Å². The Morgan fingerprint density at radius 3 is 2.88 bits per heavy atom. The molecule has 1 aromatic rings. The van der Waals surface area contributed by atoms with Crippen LogP contribution in [0, 0.1) is 0 Å². The first kappa shape index (κ1) is 12.8. The van der Waals surface area contributed by atoms with Gasteiger partial charge >= 0.3 is 5.97 Å². The molecule has 0 radical (unpaired) electrons. The molecule has 0 bridgehead atoms. The molecule has 0 spiro atoms. The van der Waals surface area contributed by atoms with Gasteiger partial charge in [0.1, 0.15) is 5.75 Å². The number of hydrogen-bond acceptors (Lipinski definition) is 3. The maximum absolute atomic E-state index is 10.5. The lowest BCUT2D eigenvalue weighted by molar-refractivity contribution is -0.137. The van der Waals surface area contributed by atoms with E-state index in [-0.39, 0.29) is 12.5 Å². The van der Waals surface area contributed by atoms with Crippen molar-refractivity contribution in [3.8, 4) is 5.75 Å². The normalized spacial score (nSPS) is 11.9. The zero-order chi connectivity index (χ0) is 12.1. The largest absolute Gasteiger partial charge is 0.497 e. The SMILES string of the molecule is COc1ccc(Br)c(NC(C)CC(=O)O)c1. The van der Waals surface area contributed by atoms with Gasteiger partial charge in [-0.2, -0.15) is 0 Å². The van der Waals surface area contributed by atoms with Crippen molar-refractivity contribution in [1.29, 1.82) is 0 Å². The highest BCUT2D eigenvalue weighted by atomic mass is 79.9. The van der Waals surface area contributed by atoms with Crippen molar-refractivity contribution in [3.63, 3.8) is 0 Å². The Labute approximate surface area is 103 Å². The van der Waals surface area contributed by atoms with E-state index in [1.54, 1.807) is 7.11 Å². The number of hydrogen-bond donors (Lipinski definition) is 2.